The minimum atomic E-state index is -3.38. The average Bonchev–Trinajstić information content (AvgIpc) is 3.35. The van der Waals surface area contributed by atoms with Gasteiger partial charge in [0.25, 0.3) is 5.91 Å². The Balaban J connectivity index is 1.44. The van der Waals surface area contributed by atoms with Gasteiger partial charge in [-0.25, -0.2) is 17.5 Å². The summed E-state index contributed by atoms with van der Waals surface area (Å²) in [6, 6.07) is 14.6. The number of rotatable bonds is 7. The molecule has 1 aromatic heterocycles. The van der Waals surface area contributed by atoms with Gasteiger partial charge in [-0.15, -0.1) is 0 Å². The molecule has 0 unspecified atom stereocenters. The zero-order chi connectivity index (χ0) is 21.1. The first kappa shape index (κ1) is 20.3. The Kier molecular flexibility index (Phi) is 5.67. The van der Waals surface area contributed by atoms with E-state index in [4.69, 9.17) is 0 Å². The number of amides is 1. The predicted molar refractivity (Wildman–Crippen MR) is 111 cm³/mol. The maximum absolute atomic E-state index is 14.2. The second kappa shape index (κ2) is 8.39. The molecular weight excluding hydrogens is 405 g/mol. The van der Waals surface area contributed by atoms with E-state index in [0.29, 0.717) is 12.1 Å². The van der Waals surface area contributed by atoms with Crippen LogP contribution in [0.3, 0.4) is 0 Å². The molecule has 0 saturated heterocycles. The largest absolute Gasteiger partial charge is 0.351 e. The van der Waals surface area contributed by atoms with Crippen LogP contribution in [0.1, 0.15) is 34.6 Å². The number of nitrogens with one attached hydrogen (secondary N) is 1. The predicted octanol–water partition coefficient (Wildman–Crippen LogP) is 3.09. The number of halogens is 1. The summed E-state index contributed by atoms with van der Waals surface area (Å²) in [5.41, 5.74) is 2.31. The van der Waals surface area contributed by atoms with Crippen molar-refractivity contribution in [3.63, 3.8) is 0 Å². The topological polar surface area (TPSA) is 81.1 Å². The summed E-state index contributed by atoms with van der Waals surface area (Å²) >= 11 is 0. The third-order valence-corrected chi connectivity index (χ3v) is 7.02. The van der Waals surface area contributed by atoms with E-state index in [1.165, 1.54) is 10.7 Å². The zero-order valence-corrected chi connectivity index (χ0v) is 17.2. The fourth-order valence-corrected chi connectivity index (χ4v) is 5.07. The maximum Gasteiger partial charge on any atom is 0.272 e. The van der Waals surface area contributed by atoms with Crippen LogP contribution in [-0.2, 0) is 22.7 Å². The lowest BCUT2D eigenvalue weighted by Gasteiger charge is -2.07. The Bertz CT molecular complexity index is 1170. The monoisotopic (exact) mass is 427 g/mol. The third-order valence-electron chi connectivity index (χ3n) is 5.20. The number of fused-ring (bicyclic) bond motifs is 1. The van der Waals surface area contributed by atoms with Crippen LogP contribution in [0.15, 0.2) is 59.5 Å². The molecule has 2 aromatic carbocycles. The number of aromatic nitrogens is 2. The highest BCUT2D eigenvalue weighted by Gasteiger charge is 2.27. The van der Waals surface area contributed by atoms with E-state index in [1.54, 1.807) is 48.5 Å². The van der Waals surface area contributed by atoms with Crippen molar-refractivity contribution in [3.05, 3.63) is 77.4 Å². The molecule has 0 radical (unpaired) electrons. The molecule has 1 aliphatic carbocycles. The summed E-state index contributed by atoms with van der Waals surface area (Å²) in [6.07, 6.45) is 2.63. The molecule has 3 aromatic rings. The van der Waals surface area contributed by atoms with Crippen molar-refractivity contribution in [2.24, 2.45) is 0 Å². The average molecular weight is 428 g/mol. The first-order chi connectivity index (χ1) is 14.5. The number of carbonyl (C=O) groups is 1. The smallest absolute Gasteiger partial charge is 0.272 e. The van der Waals surface area contributed by atoms with Crippen molar-refractivity contribution in [1.82, 2.24) is 15.1 Å². The van der Waals surface area contributed by atoms with Gasteiger partial charge in [0.05, 0.1) is 10.6 Å². The zero-order valence-electron chi connectivity index (χ0n) is 16.3. The van der Waals surface area contributed by atoms with Gasteiger partial charge >= 0.3 is 0 Å². The summed E-state index contributed by atoms with van der Waals surface area (Å²) in [7, 11) is -3.38. The quantitative estimate of drug-likeness (QED) is 0.588. The van der Waals surface area contributed by atoms with Gasteiger partial charge in [-0.2, -0.15) is 5.10 Å². The maximum atomic E-state index is 14.2. The summed E-state index contributed by atoms with van der Waals surface area (Å²) in [4.78, 5) is 13.0. The van der Waals surface area contributed by atoms with Gasteiger partial charge in [0.15, 0.2) is 15.5 Å². The van der Waals surface area contributed by atoms with Crippen LogP contribution in [0, 0.1) is 5.82 Å². The van der Waals surface area contributed by atoms with Gasteiger partial charge in [0.1, 0.15) is 11.5 Å². The first-order valence-electron chi connectivity index (χ1n) is 9.89. The molecule has 1 N–H and O–H groups in total. The second-order valence-electron chi connectivity index (χ2n) is 7.23. The fraction of sp³-hybridized carbons (Fsp3) is 0.273. The number of carbonyl (C=O) groups excluding carboxylic acids is 1. The van der Waals surface area contributed by atoms with Crippen LogP contribution >= 0.6 is 0 Å². The van der Waals surface area contributed by atoms with Crippen LogP contribution < -0.4 is 5.32 Å². The number of para-hydroxylation sites is 1. The molecule has 6 nitrogen and oxygen atoms in total. The summed E-state index contributed by atoms with van der Waals surface area (Å²) < 4.78 is 40.4. The normalized spacial score (nSPS) is 13.2. The van der Waals surface area contributed by atoms with Crippen molar-refractivity contribution in [2.75, 3.05) is 12.3 Å². The standard InChI is InChI=1S/C22H22FN3O3S/c23-18-11-4-5-12-20(18)26-19-13-6-10-17(19)21(25-26)22(27)24-14-7-15-30(28,29)16-8-2-1-3-9-16/h1-5,8-9,11-12H,6-7,10,13-15H2,(H,24,27). The van der Waals surface area contributed by atoms with Crippen LogP contribution in [0.4, 0.5) is 4.39 Å². The molecule has 0 bridgehead atoms. The Hall–Kier alpha value is -3.00. The number of benzene rings is 2. The molecule has 0 aliphatic heterocycles. The minimum absolute atomic E-state index is 0.0565. The van der Waals surface area contributed by atoms with E-state index in [1.807, 2.05) is 0 Å². The van der Waals surface area contributed by atoms with Crippen LogP contribution in [-0.4, -0.2) is 36.4 Å². The Morgan fingerprint density at radius 2 is 1.80 bits per heavy atom. The highest BCUT2D eigenvalue weighted by atomic mass is 32.2. The Morgan fingerprint density at radius 1 is 1.07 bits per heavy atom. The van der Waals surface area contributed by atoms with E-state index in [-0.39, 0.29) is 28.8 Å². The SMILES string of the molecule is O=C(NCCCS(=O)(=O)c1ccccc1)c1nn(-c2ccccc2F)c2c1CCC2. The first-order valence-corrected chi connectivity index (χ1v) is 11.5. The molecule has 0 atom stereocenters. The molecule has 30 heavy (non-hydrogen) atoms. The number of nitrogens with zero attached hydrogens (tertiary/aromatic N) is 2. The molecule has 0 saturated carbocycles. The van der Waals surface area contributed by atoms with E-state index >= 15 is 0 Å². The van der Waals surface area contributed by atoms with Crippen molar-refractivity contribution < 1.29 is 17.6 Å². The number of hydrogen-bond acceptors (Lipinski definition) is 4. The van der Waals surface area contributed by atoms with Crippen LogP contribution in [0.2, 0.25) is 0 Å². The Morgan fingerprint density at radius 3 is 2.57 bits per heavy atom. The molecule has 4 rings (SSSR count). The highest BCUT2D eigenvalue weighted by Crippen LogP contribution is 2.28. The molecule has 0 fully saturated rings. The molecule has 1 amide bonds. The highest BCUT2D eigenvalue weighted by molar-refractivity contribution is 7.91. The molecule has 156 valence electrons. The van der Waals surface area contributed by atoms with E-state index < -0.39 is 15.7 Å². The van der Waals surface area contributed by atoms with Gasteiger partial charge in [0.2, 0.25) is 0 Å². The van der Waals surface area contributed by atoms with Crippen molar-refractivity contribution in [3.8, 4) is 5.69 Å². The lowest BCUT2D eigenvalue weighted by molar-refractivity contribution is 0.0947. The van der Waals surface area contributed by atoms with Gasteiger partial charge in [0, 0.05) is 17.8 Å². The molecule has 1 heterocycles. The van der Waals surface area contributed by atoms with Crippen LogP contribution in [0.5, 0.6) is 0 Å². The van der Waals surface area contributed by atoms with Crippen molar-refractivity contribution in [2.45, 2.75) is 30.6 Å². The lowest BCUT2D eigenvalue weighted by atomic mass is 10.2. The van der Waals surface area contributed by atoms with Crippen molar-refractivity contribution in [1.29, 1.82) is 0 Å². The van der Waals surface area contributed by atoms with Crippen LogP contribution in [0.25, 0.3) is 5.69 Å². The molecular formula is C22H22FN3O3S. The molecule has 0 spiro atoms. The second-order valence-corrected chi connectivity index (χ2v) is 9.34. The van der Waals surface area contributed by atoms with Gasteiger partial charge in [-0.3, -0.25) is 4.79 Å². The summed E-state index contributed by atoms with van der Waals surface area (Å²) in [5, 5.41) is 7.14. The minimum Gasteiger partial charge on any atom is -0.351 e. The number of hydrogen-bond donors (Lipinski definition) is 1. The molecule has 8 heteroatoms. The van der Waals surface area contributed by atoms with Gasteiger partial charge in [-0.05, 0) is 49.9 Å². The molecule has 1 aliphatic rings. The van der Waals surface area contributed by atoms with E-state index in [0.717, 1.165) is 30.5 Å². The number of sulfone groups is 1. The summed E-state index contributed by atoms with van der Waals surface area (Å²) in [5.74, 6) is -0.813. The summed E-state index contributed by atoms with van der Waals surface area (Å²) in [6.45, 7) is 0.215. The van der Waals surface area contributed by atoms with E-state index in [2.05, 4.69) is 10.4 Å². The van der Waals surface area contributed by atoms with E-state index in [9.17, 15) is 17.6 Å². The van der Waals surface area contributed by atoms with Gasteiger partial charge in [-0.1, -0.05) is 30.3 Å². The van der Waals surface area contributed by atoms with Crippen molar-refractivity contribution >= 4 is 15.7 Å². The van der Waals surface area contributed by atoms with Gasteiger partial charge < -0.3 is 5.32 Å². The third kappa shape index (κ3) is 4.00. The Labute approximate surface area is 174 Å². The lowest BCUT2D eigenvalue weighted by Crippen LogP contribution is -2.27. The fourth-order valence-electron chi connectivity index (χ4n) is 3.74.